The Morgan fingerprint density at radius 3 is 2.43 bits per heavy atom. The number of aromatic nitrogens is 1. The molecule has 7 rings (SSSR count). The summed E-state index contributed by atoms with van der Waals surface area (Å²) in [6.45, 7) is 4.69. The monoisotopic (exact) mass is 798 g/mol. The van der Waals surface area contributed by atoms with Crippen molar-refractivity contribution in [3.63, 3.8) is 0 Å². The molecule has 2 aromatic carbocycles. The third-order valence-electron chi connectivity index (χ3n) is 12.1. The van der Waals surface area contributed by atoms with Gasteiger partial charge in [-0.2, -0.15) is 0 Å². The van der Waals surface area contributed by atoms with Crippen LogP contribution in [0.2, 0.25) is 0 Å². The number of imide groups is 2. The number of nitrogens with one attached hydrogen (secondary N) is 3. The van der Waals surface area contributed by atoms with E-state index in [1.807, 2.05) is 17.9 Å². The number of ether oxygens (including phenoxy) is 2. The molecule has 1 saturated carbocycles. The number of amides is 6. The Labute approximate surface area is 336 Å². The fraction of sp³-hybridized carbons (Fsp3) is 0.512. The van der Waals surface area contributed by atoms with Crippen molar-refractivity contribution < 1.29 is 42.6 Å². The predicted octanol–water partition coefficient (Wildman–Crippen LogP) is 4.33. The summed E-state index contributed by atoms with van der Waals surface area (Å²) >= 11 is 0. The van der Waals surface area contributed by atoms with E-state index in [9.17, 15) is 33.2 Å². The van der Waals surface area contributed by atoms with Crippen LogP contribution in [0.15, 0.2) is 48.7 Å². The molecule has 1 aromatic heterocycles. The Kier molecular flexibility index (Phi) is 13.1. The van der Waals surface area contributed by atoms with E-state index < -0.39 is 29.7 Å². The first kappa shape index (κ1) is 40.9. The molecule has 2 atom stereocenters. The van der Waals surface area contributed by atoms with Crippen LogP contribution in [0.5, 0.6) is 0 Å². The first-order valence-electron chi connectivity index (χ1n) is 20.4. The van der Waals surface area contributed by atoms with Crippen molar-refractivity contribution in [1.29, 1.82) is 0 Å². The number of carbonyl (C=O) groups excluding carboxylic acids is 6. The number of nitrogens with zero attached hydrogens (tertiary/aromatic N) is 3. The zero-order chi connectivity index (χ0) is 40.8. The lowest BCUT2D eigenvalue weighted by Gasteiger charge is -2.35. The molecule has 6 amide bonds. The summed E-state index contributed by atoms with van der Waals surface area (Å²) in [6, 6.07) is 10.6. The van der Waals surface area contributed by atoms with Gasteiger partial charge in [-0.1, -0.05) is 13.0 Å². The van der Waals surface area contributed by atoms with E-state index in [4.69, 9.17) is 9.47 Å². The number of hydrogen-bond donors (Lipinski definition) is 3. The van der Waals surface area contributed by atoms with Crippen LogP contribution >= 0.6 is 0 Å². The third kappa shape index (κ3) is 9.20. The molecule has 0 spiro atoms. The summed E-state index contributed by atoms with van der Waals surface area (Å²) in [5, 5.41) is 9.45. The Morgan fingerprint density at radius 1 is 0.914 bits per heavy atom. The van der Waals surface area contributed by atoms with Gasteiger partial charge in [-0.05, 0) is 98.7 Å². The maximum atomic E-state index is 14.0. The average molecular weight is 799 g/mol. The summed E-state index contributed by atoms with van der Waals surface area (Å²) in [5.74, 6) is -1.88. The SMILES string of the molecule is C[C@@H](C(=O)NC1CCN(C(=O)CCOCCOCCNc2cccc3c2C(=O)N(C2CCC(=O)NC2=O)C3=O)CC1)[C@H]1CC[C@@H](c2ccnc3ccc(F)cc32)CC1. The van der Waals surface area contributed by atoms with Crippen molar-refractivity contribution in [2.45, 2.75) is 82.7 Å². The van der Waals surface area contributed by atoms with Crippen LogP contribution in [0.1, 0.15) is 96.9 Å². The van der Waals surface area contributed by atoms with E-state index in [1.165, 1.54) is 6.07 Å². The summed E-state index contributed by atoms with van der Waals surface area (Å²) in [6.07, 6.45) is 7.39. The molecule has 2 saturated heterocycles. The molecule has 4 aliphatic rings. The van der Waals surface area contributed by atoms with Gasteiger partial charge in [0.1, 0.15) is 11.9 Å². The number of pyridine rings is 1. The topological polar surface area (TPSA) is 176 Å². The zero-order valence-corrected chi connectivity index (χ0v) is 32.8. The molecule has 1 unspecified atom stereocenters. The van der Waals surface area contributed by atoms with Crippen LogP contribution < -0.4 is 16.0 Å². The first-order chi connectivity index (χ1) is 28.1. The van der Waals surface area contributed by atoms with Crippen molar-refractivity contribution in [3.05, 3.63) is 71.2 Å². The first-order valence-corrected chi connectivity index (χ1v) is 20.4. The van der Waals surface area contributed by atoms with E-state index in [1.54, 1.807) is 36.5 Å². The van der Waals surface area contributed by atoms with Gasteiger partial charge in [-0.3, -0.25) is 44.0 Å². The van der Waals surface area contributed by atoms with Crippen LogP contribution in [-0.4, -0.2) is 108 Å². The van der Waals surface area contributed by atoms with E-state index >= 15 is 0 Å². The van der Waals surface area contributed by atoms with Gasteiger partial charge >= 0.3 is 0 Å². The average Bonchev–Trinajstić information content (AvgIpc) is 3.48. The van der Waals surface area contributed by atoms with Crippen molar-refractivity contribution in [2.24, 2.45) is 11.8 Å². The minimum Gasteiger partial charge on any atom is -0.382 e. The second-order valence-corrected chi connectivity index (χ2v) is 15.7. The van der Waals surface area contributed by atoms with E-state index in [0.29, 0.717) is 69.8 Å². The maximum absolute atomic E-state index is 14.0. The largest absolute Gasteiger partial charge is 0.382 e. The van der Waals surface area contributed by atoms with Gasteiger partial charge in [0.25, 0.3) is 11.8 Å². The molecule has 4 heterocycles. The summed E-state index contributed by atoms with van der Waals surface area (Å²) < 4.78 is 25.3. The van der Waals surface area contributed by atoms with Gasteiger partial charge in [0.2, 0.25) is 23.6 Å². The molecule has 58 heavy (non-hydrogen) atoms. The molecule has 3 N–H and O–H groups in total. The summed E-state index contributed by atoms with van der Waals surface area (Å²) in [7, 11) is 0. The Bertz CT molecular complexity index is 2050. The van der Waals surface area contributed by atoms with Crippen LogP contribution in [0, 0.1) is 17.7 Å². The standard InChI is InChI=1S/C43H51FN6O8/c1-26(27-5-7-28(8-6-27)31-13-17-45-34-10-9-29(44)25-33(31)34)40(53)47-30-14-19-49(20-15-30)38(52)16-21-57-23-24-58-22-18-46-35-4-2-3-32-39(35)43(56)50(42(32)55)36-11-12-37(51)48-41(36)54/h2-4,9-10,13,17,25-28,30,36,46H,5-8,11-12,14-16,18-24H2,1H3,(H,47,53)(H,48,51,54)/t26-,27-,28+,36?/m1/s1. The number of rotatable bonds is 15. The highest BCUT2D eigenvalue weighted by Gasteiger charge is 2.45. The highest BCUT2D eigenvalue weighted by atomic mass is 19.1. The Balaban J connectivity index is 0.740. The van der Waals surface area contributed by atoms with Crippen LogP contribution in [0.3, 0.4) is 0 Å². The highest BCUT2D eigenvalue weighted by molar-refractivity contribution is 6.25. The lowest BCUT2D eigenvalue weighted by molar-refractivity contribution is -0.136. The number of hydrogen-bond acceptors (Lipinski definition) is 10. The predicted molar refractivity (Wildman–Crippen MR) is 211 cm³/mol. The Hall–Kier alpha value is -5.28. The minimum absolute atomic E-state index is 0.0179. The van der Waals surface area contributed by atoms with Gasteiger partial charge in [-0.15, -0.1) is 0 Å². The highest BCUT2D eigenvalue weighted by Crippen LogP contribution is 2.41. The second-order valence-electron chi connectivity index (χ2n) is 15.7. The smallest absolute Gasteiger partial charge is 0.264 e. The molecular weight excluding hydrogens is 748 g/mol. The molecule has 1 aliphatic carbocycles. The quantitative estimate of drug-likeness (QED) is 0.148. The fourth-order valence-corrected chi connectivity index (χ4v) is 8.81. The van der Waals surface area contributed by atoms with Gasteiger partial charge in [0.15, 0.2) is 0 Å². The maximum Gasteiger partial charge on any atom is 0.264 e. The number of likely N-dealkylation sites (tertiary alicyclic amines) is 1. The van der Waals surface area contributed by atoms with Gasteiger partial charge in [0.05, 0.1) is 49.5 Å². The molecule has 15 heteroatoms. The molecule has 3 fully saturated rings. The summed E-state index contributed by atoms with van der Waals surface area (Å²) in [4.78, 5) is 83.5. The number of fused-ring (bicyclic) bond motifs is 2. The van der Waals surface area contributed by atoms with Crippen molar-refractivity contribution >= 4 is 52.0 Å². The molecular formula is C43H51FN6O8. The van der Waals surface area contributed by atoms with Gasteiger partial charge < -0.3 is 25.0 Å². The number of benzene rings is 2. The molecule has 308 valence electrons. The second kappa shape index (κ2) is 18.5. The van der Waals surface area contributed by atoms with Crippen molar-refractivity contribution in [1.82, 2.24) is 25.4 Å². The van der Waals surface area contributed by atoms with Crippen LogP contribution in [-0.2, 0) is 28.7 Å². The van der Waals surface area contributed by atoms with E-state index in [2.05, 4.69) is 20.9 Å². The van der Waals surface area contributed by atoms with E-state index in [0.717, 1.165) is 47.0 Å². The fourth-order valence-electron chi connectivity index (χ4n) is 8.81. The van der Waals surface area contributed by atoms with E-state index in [-0.39, 0.29) is 66.6 Å². The zero-order valence-electron chi connectivity index (χ0n) is 32.8. The lowest BCUT2D eigenvalue weighted by atomic mass is 9.73. The van der Waals surface area contributed by atoms with Crippen LogP contribution in [0.4, 0.5) is 10.1 Å². The molecule has 14 nitrogen and oxygen atoms in total. The van der Waals surface area contributed by atoms with Gasteiger partial charge in [-0.25, -0.2) is 4.39 Å². The number of carbonyl (C=O) groups is 6. The molecule has 0 bridgehead atoms. The van der Waals surface area contributed by atoms with Crippen LogP contribution in [0.25, 0.3) is 10.9 Å². The van der Waals surface area contributed by atoms with Gasteiger partial charge in [0, 0.05) is 55.3 Å². The number of anilines is 1. The number of halogens is 1. The third-order valence-corrected chi connectivity index (χ3v) is 12.1. The molecule has 3 aliphatic heterocycles. The molecule has 0 radical (unpaired) electrons. The minimum atomic E-state index is -1.03. The number of piperidine rings is 2. The summed E-state index contributed by atoms with van der Waals surface area (Å²) in [5.41, 5.74) is 2.79. The normalized spacial score (nSPS) is 21.9. The lowest BCUT2D eigenvalue weighted by Crippen LogP contribution is -2.54. The van der Waals surface area contributed by atoms with Crippen molar-refractivity contribution in [3.8, 4) is 0 Å². The molecule has 3 aromatic rings. The van der Waals surface area contributed by atoms with Crippen molar-refractivity contribution in [2.75, 3.05) is 51.4 Å². The Morgan fingerprint density at radius 2 is 1.67 bits per heavy atom.